The first-order valence-corrected chi connectivity index (χ1v) is 4.18. The molecule has 1 aromatic heterocycles. The number of nitrogens with zero attached hydrogens (tertiary/aromatic N) is 2. The van der Waals surface area contributed by atoms with Gasteiger partial charge in [0.05, 0.1) is 6.61 Å². The number of rotatable bonds is 3. The van der Waals surface area contributed by atoms with Gasteiger partial charge in [-0.05, 0) is 18.9 Å². The molecule has 0 spiro atoms. The topological polar surface area (TPSA) is 35.0 Å². The molecule has 0 amide bonds. The summed E-state index contributed by atoms with van der Waals surface area (Å²) in [7, 11) is 0. The fourth-order valence-electron chi connectivity index (χ4n) is 1.10. The second kappa shape index (κ2) is 3.52. The summed E-state index contributed by atoms with van der Waals surface area (Å²) >= 11 is 0. The van der Waals surface area contributed by atoms with E-state index in [9.17, 15) is 0 Å². The van der Waals surface area contributed by atoms with Crippen molar-refractivity contribution in [2.24, 2.45) is 0 Å². The maximum atomic E-state index is 5.35. The molecule has 0 aromatic carbocycles. The van der Waals surface area contributed by atoms with Crippen molar-refractivity contribution in [1.82, 2.24) is 9.97 Å². The third kappa shape index (κ3) is 1.72. The Labute approximate surface area is 71.8 Å². The molecule has 12 heavy (non-hydrogen) atoms. The van der Waals surface area contributed by atoms with Gasteiger partial charge in [0, 0.05) is 18.3 Å². The highest BCUT2D eigenvalue weighted by Gasteiger charge is 2.18. The zero-order chi connectivity index (χ0) is 8.23. The summed E-state index contributed by atoms with van der Waals surface area (Å²) in [4.78, 5) is 7.92. The number of ether oxygens (including phenoxy) is 1. The highest BCUT2D eigenvalue weighted by atomic mass is 16.5. The predicted molar refractivity (Wildman–Crippen MR) is 44.6 cm³/mol. The Balaban J connectivity index is 1.79. The van der Waals surface area contributed by atoms with Crippen LogP contribution in [0.1, 0.15) is 19.3 Å². The first-order valence-electron chi connectivity index (χ1n) is 4.18. The SMILES string of the molecule is c1cnc(OC[C]2CCC2)nc1. The maximum absolute atomic E-state index is 5.35. The molecular weight excluding hydrogens is 152 g/mol. The average Bonchev–Trinajstić information content (AvgIpc) is 2.04. The molecule has 0 unspecified atom stereocenters. The van der Waals surface area contributed by atoms with Gasteiger partial charge in [-0.1, -0.05) is 6.42 Å². The van der Waals surface area contributed by atoms with Gasteiger partial charge < -0.3 is 4.74 Å². The first kappa shape index (κ1) is 7.53. The molecule has 0 saturated heterocycles. The molecule has 1 aromatic rings. The van der Waals surface area contributed by atoms with Crippen LogP contribution in [0.4, 0.5) is 0 Å². The van der Waals surface area contributed by atoms with Crippen molar-refractivity contribution in [3.63, 3.8) is 0 Å². The fourth-order valence-corrected chi connectivity index (χ4v) is 1.10. The lowest BCUT2D eigenvalue weighted by molar-refractivity contribution is 0.271. The fraction of sp³-hybridized carbons (Fsp3) is 0.444. The molecule has 1 radical (unpaired) electrons. The quantitative estimate of drug-likeness (QED) is 0.679. The van der Waals surface area contributed by atoms with Gasteiger partial charge in [-0.2, -0.15) is 0 Å². The number of aromatic nitrogens is 2. The lowest BCUT2D eigenvalue weighted by Crippen LogP contribution is -2.17. The predicted octanol–water partition coefficient (Wildman–Crippen LogP) is 1.61. The van der Waals surface area contributed by atoms with Crippen LogP contribution in [-0.2, 0) is 0 Å². The van der Waals surface area contributed by atoms with Crippen LogP contribution in [-0.4, -0.2) is 16.6 Å². The van der Waals surface area contributed by atoms with Gasteiger partial charge in [0.15, 0.2) is 0 Å². The second-order valence-corrected chi connectivity index (χ2v) is 2.92. The maximum Gasteiger partial charge on any atom is 0.316 e. The summed E-state index contributed by atoms with van der Waals surface area (Å²) in [6.07, 6.45) is 7.12. The lowest BCUT2D eigenvalue weighted by Gasteiger charge is -2.23. The second-order valence-electron chi connectivity index (χ2n) is 2.92. The van der Waals surface area contributed by atoms with Crippen molar-refractivity contribution in [3.05, 3.63) is 24.4 Å². The summed E-state index contributed by atoms with van der Waals surface area (Å²) in [5.74, 6) is 1.47. The summed E-state index contributed by atoms with van der Waals surface area (Å²) in [6.45, 7) is 0.698. The Bertz CT molecular complexity index is 234. The van der Waals surface area contributed by atoms with Crippen molar-refractivity contribution in [2.75, 3.05) is 6.61 Å². The Hall–Kier alpha value is -1.12. The van der Waals surface area contributed by atoms with Crippen molar-refractivity contribution in [3.8, 4) is 6.01 Å². The van der Waals surface area contributed by atoms with Gasteiger partial charge in [-0.3, -0.25) is 0 Å². The van der Waals surface area contributed by atoms with E-state index in [1.807, 2.05) is 0 Å². The van der Waals surface area contributed by atoms with E-state index in [1.54, 1.807) is 18.5 Å². The van der Waals surface area contributed by atoms with Crippen molar-refractivity contribution in [2.45, 2.75) is 19.3 Å². The van der Waals surface area contributed by atoms with Crippen LogP contribution in [0, 0.1) is 5.92 Å². The summed E-state index contributed by atoms with van der Waals surface area (Å²) in [5.41, 5.74) is 0. The molecule has 0 N–H and O–H groups in total. The van der Waals surface area contributed by atoms with Gasteiger partial charge in [0.1, 0.15) is 0 Å². The van der Waals surface area contributed by atoms with E-state index in [-0.39, 0.29) is 0 Å². The standard InChI is InChI=1S/C9H11N2O/c1-3-8(4-1)7-12-9-10-5-2-6-11-9/h2,5-6H,1,3-4,7H2. The first-order chi connectivity index (χ1) is 5.95. The van der Waals surface area contributed by atoms with E-state index in [4.69, 9.17) is 4.74 Å². The van der Waals surface area contributed by atoms with Crippen LogP contribution in [0.2, 0.25) is 0 Å². The van der Waals surface area contributed by atoms with E-state index in [1.165, 1.54) is 25.2 Å². The van der Waals surface area contributed by atoms with Crippen LogP contribution >= 0.6 is 0 Å². The molecule has 3 heteroatoms. The van der Waals surface area contributed by atoms with Gasteiger partial charge in [0.2, 0.25) is 0 Å². The Morgan fingerprint density at radius 1 is 1.25 bits per heavy atom. The van der Waals surface area contributed by atoms with Crippen LogP contribution < -0.4 is 4.74 Å². The van der Waals surface area contributed by atoms with E-state index in [0.29, 0.717) is 12.6 Å². The Kier molecular flexibility index (Phi) is 2.21. The normalized spacial score (nSPS) is 17.0. The molecule has 0 atom stereocenters. The van der Waals surface area contributed by atoms with Gasteiger partial charge in [-0.15, -0.1) is 0 Å². The Morgan fingerprint density at radius 3 is 2.58 bits per heavy atom. The Morgan fingerprint density at radius 2 is 2.00 bits per heavy atom. The zero-order valence-electron chi connectivity index (χ0n) is 6.86. The van der Waals surface area contributed by atoms with Crippen LogP contribution in [0.5, 0.6) is 6.01 Å². The molecule has 1 heterocycles. The lowest BCUT2D eigenvalue weighted by atomic mass is 9.86. The van der Waals surface area contributed by atoms with E-state index >= 15 is 0 Å². The zero-order valence-corrected chi connectivity index (χ0v) is 6.86. The minimum atomic E-state index is 0.483. The minimum Gasteiger partial charge on any atom is -0.463 e. The van der Waals surface area contributed by atoms with Crippen molar-refractivity contribution < 1.29 is 4.74 Å². The smallest absolute Gasteiger partial charge is 0.316 e. The van der Waals surface area contributed by atoms with Crippen LogP contribution in [0.3, 0.4) is 0 Å². The third-order valence-electron chi connectivity index (χ3n) is 2.01. The molecular formula is C9H11N2O. The van der Waals surface area contributed by atoms with Crippen molar-refractivity contribution in [1.29, 1.82) is 0 Å². The van der Waals surface area contributed by atoms with Gasteiger partial charge >= 0.3 is 6.01 Å². The van der Waals surface area contributed by atoms with Crippen LogP contribution in [0.15, 0.2) is 18.5 Å². The molecule has 1 aliphatic rings. The highest BCUT2D eigenvalue weighted by Crippen LogP contribution is 2.28. The number of hydrogen-bond acceptors (Lipinski definition) is 3. The molecule has 1 aliphatic carbocycles. The van der Waals surface area contributed by atoms with E-state index < -0.39 is 0 Å². The van der Waals surface area contributed by atoms with Crippen LogP contribution in [0.25, 0.3) is 0 Å². The molecule has 1 saturated carbocycles. The number of hydrogen-bond donors (Lipinski definition) is 0. The molecule has 3 nitrogen and oxygen atoms in total. The van der Waals surface area contributed by atoms with E-state index in [2.05, 4.69) is 9.97 Å². The monoisotopic (exact) mass is 163 g/mol. The molecule has 0 aliphatic heterocycles. The minimum absolute atomic E-state index is 0.483. The highest BCUT2D eigenvalue weighted by molar-refractivity contribution is 5.01. The van der Waals surface area contributed by atoms with Gasteiger partial charge in [0.25, 0.3) is 0 Å². The third-order valence-corrected chi connectivity index (χ3v) is 2.01. The average molecular weight is 163 g/mol. The summed E-state index contributed by atoms with van der Waals surface area (Å²) in [5, 5.41) is 0. The van der Waals surface area contributed by atoms with E-state index in [0.717, 1.165) is 0 Å². The summed E-state index contributed by atoms with van der Waals surface area (Å²) in [6, 6.07) is 2.26. The summed E-state index contributed by atoms with van der Waals surface area (Å²) < 4.78 is 5.35. The largest absolute Gasteiger partial charge is 0.463 e. The van der Waals surface area contributed by atoms with Crippen molar-refractivity contribution >= 4 is 0 Å². The molecule has 1 fully saturated rings. The molecule has 63 valence electrons. The molecule has 0 bridgehead atoms. The molecule has 2 rings (SSSR count). The van der Waals surface area contributed by atoms with Gasteiger partial charge in [-0.25, -0.2) is 9.97 Å².